The Labute approximate surface area is 78.2 Å². The number of benzene rings is 1. The summed E-state index contributed by atoms with van der Waals surface area (Å²) in [6, 6.07) is 7.39. The van der Waals surface area contributed by atoms with Gasteiger partial charge in [0.25, 0.3) is 0 Å². The molecule has 0 aromatic heterocycles. The molecule has 0 heterocycles. The lowest BCUT2D eigenvalue weighted by molar-refractivity contribution is 0.184. The van der Waals surface area contributed by atoms with E-state index in [4.69, 9.17) is 11.2 Å². The Balaban J connectivity index is 2.76. The maximum absolute atomic E-state index is 9.28. The molecule has 0 saturated carbocycles. The van der Waals surface area contributed by atoms with E-state index in [1.165, 1.54) is 0 Å². The topological polar surface area (TPSA) is 29.5 Å². The summed E-state index contributed by atoms with van der Waals surface area (Å²) in [5.74, 6) is 2.26. The second-order valence-electron chi connectivity index (χ2n) is 2.74. The molecule has 0 saturated heterocycles. The lowest BCUT2D eigenvalue weighted by Gasteiger charge is -2.04. The number of methoxy groups -OCH3 is 1. The Hall–Kier alpha value is -1.30. The van der Waals surface area contributed by atoms with Crippen molar-refractivity contribution in [3.8, 4) is 12.3 Å². The van der Waals surface area contributed by atoms with Gasteiger partial charge >= 0.3 is 0 Å². The second kappa shape index (κ2) is 4.66. The molecular weight excluding hydrogens is 164 g/mol. The van der Waals surface area contributed by atoms with Gasteiger partial charge in [-0.2, -0.15) is 0 Å². The number of terminal acetylenes is 1. The van der Waals surface area contributed by atoms with Crippen molar-refractivity contribution < 1.29 is 9.84 Å². The van der Waals surface area contributed by atoms with Crippen LogP contribution in [0.25, 0.3) is 0 Å². The first kappa shape index (κ1) is 9.79. The first-order valence-electron chi connectivity index (χ1n) is 4.00. The smallest absolute Gasteiger partial charge is 0.139 e. The SMILES string of the molecule is C#CC(O)c1ccc(COC)cc1. The first-order chi connectivity index (χ1) is 6.27. The van der Waals surface area contributed by atoms with Crippen molar-refractivity contribution in [1.82, 2.24) is 0 Å². The number of aliphatic hydroxyl groups excluding tert-OH is 1. The molecule has 2 nitrogen and oxygen atoms in total. The largest absolute Gasteiger partial charge is 0.380 e. The van der Waals surface area contributed by atoms with Crippen LogP contribution in [0.1, 0.15) is 17.2 Å². The van der Waals surface area contributed by atoms with Gasteiger partial charge in [0, 0.05) is 7.11 Å². The van der Waals surface area contributed by atoms with Gasteiger partial charge < -0.3 is 9.84 Å². The van der Waals surface area contributed by atoms with Crippen LogP contribution < -0.4 is 0 Å². The van der Waals surface area contributed by atoms with Gasteiger partial charge in [-0.15, -0.1) is 6.42 Å². The van der Waals surface area contributed by atoms with Gasteiger partial charge in [-0.1, -0.05) is 30.2 Å². The van der Waals surface area contributed by atoms with Crippen LogP contribution in [-0.4, -0.2) is 12.2 Å². The predicted molar refractivity (Wildman–Crippen MR) is 50.9 cm³/mol. The fraction of sp³-hybridized carbons (Fsp3) is 0.273. The van der Waals surface area contributed by atoms with Crippen molar-refractivity contribution in [2.45, 2.75) is 12.7 Å². The fourth-order valence-electron chi connectivity index (χ4n) is 1.06. The van der Waals surface area contributed by atoms with Crippen molar-refractivity contribution >= 4 is 0 Å². The third-order valence-electron chi connectivity index (χ3n) is 1.76. The summed E-state index contributed by atoms with van der Waals surface area (Å²) in [4.78, 5) is 0. The van der Waals surface area contributed by atoms with E-state index < -0.39 is 6.10 Å². The Morgan fingerprint density at radius 1 is 1.46 bits per heavy atom. The van der Waals surface area contributed by atoms with Crippen LogP contribution in [0.3, 0.4) is 0 Å². The molecule has 1 unspecified atom stereocenters. The highest BCUT2D eigenvalue weighted by Crippen LogP contribution is 2.12. The summed E-state index contributed by atoms with van der Waals surface area (Å²) in [6.45, 7) is 0.576. The average molecular weight is 176 g/mol. The van der Waals surface area contributed by atoms with Crippen molar-refractivity contribution in [3.05, 3.63) is 35.4 Å². The molecule has 0 bridgehead atoms. The molecule has 1 aromatic rings. The quantitative estimate of drug-likeness (QED) is 0.707. The van der Waals surface area contributed by atoms with E-state index in [0.29, 0.717) is 6.61 Å². The van der Waals surface area contributed by atoms with Crippen molar-refractivity contribution in [2.24, 2.45) is 0 Å². The molecule has 1 rings (SSSR count). The standard InChI is InChI=1S/C11H12O2/c1-3-11(12)10-6-4-9(5-7-10)8-13-2/h1,4-7,11-12H,8H2,2H3. The Kier molecular flexibility index (Phi) is 3.51. The Morgan fingerprint density at radius 3 is 2.54 bits per heavy atom. The molecule has 0 aliphatic heterocycles. The van der Waals surface area contributed by atoms with Gasteiger partial charge in [0.2, 0.25) is 0 Å². The second-order valence-corrected chi connectivity index (χ2v) is 2.74. The normalized spacial score (nSPS) is 12.1. The molecule has 0 fully saturated rings. The maximum Gasteiger partial charge on any atom is 0.139 e. The van der Waals surface area contributed by atoms with Crippen molar-refractivity contribution in [3.63, 3.8) is 0 Å². The van der Waals surface area contributed by atoms with Crippen LogP contribution >= 0.6 is 0 Å². The van der Waals surface area contributed by atoms with Gasteiger partial charge in [0.05, 0.1) is 6.61 Å². The number of hydrogen-bond donors (Lipinski definition) is 1. The molecule has 1 atom stereocenters. The summed E-state index contributed by atoms with van der Waals surface area (Å²) < 4.78 is 4.95. The molecule has 0 aliphatic rings. The molecule has 2 heteroatoms. The van der Waals surface area contributed by atoms with E-state index in [1.807, 2.05) is 12.1 Å². The third-order valence-corrected chi connectivity index (χ3v) is 1.76. The molecule has 0 spiro atoms. The fourth-order valence-corrected chi connectivity index (χ4v) is 1.06. The van der Waals surface area contributed by atoms with Crippen LogP contribution in [0.15, 0.2) is 24.3 Å². The summed E-state index contributed by atoms with van der Waals surface area (Å²) in [7, 11) is 1.64. The minimum absolute atomic E-state index is 0.576. The molecule has 0 amide bonds. The average Bonchev–Trinajstić information content (AvgIpc) is 2.18. The van der Waals surface area contributed by atoms with Crippen LogP contribution in [0.4, 0.5) is 0 Å². The lowest BCUT2D eigenvalue weighted by Crippen LogP contribution is -1.94. The summed E-state index contributed by atoms with van der Waals surface area (Å²) in [5, 5.41) is 9.28. The minimum Gasteiger partial charge on any atom is -0.380 e. The molecular formula is C11H12O2. The third kappa shape index (κ3) is 2.59. The maximum atomic E-state index is 9.28. The highest BCUT2D eigenvalue weighted by Gasteiger charge is 2.01. The number of aliphatic hydroxyl groups is 1. The zero-order valence-electron chi connectivity index (χ0n) is 7.53. The highest BCUT2D eigenvalue weighted by atomic mass is 16.5. The summed E-state index contributed by atoms with van der Waals surface area (Å²) in [6.07, 6.45) is 4.27. The predicted octanol–water partition coefficient (Wildman–Crippen LogP) is 1.50. The van der Waals surface area contributed by atoms with E-state index >= 15 is 0 Å². The Morgan fingerprint density at radius 2 is 2.08 bits per heavy atom. The molecule has 0 aliphatic carbocycles. The molecule has 68 valence electrons. The van der Waals surface area contributed by atoms with E-state index in [-0.39, 0.29) is 0 Å². The lowest BCUT2D eigenvalue weighted by atomic mass is 10.1. The van der Waals surface area contributed by atoms with Crippen LogP contribution in [-0.2, 0) is 11.3 Å². The monoisotopic (exact) mass is 176 g/mol. The van der Waals surface area contributed by atoms with E-state index in [9.17, 15) is 5.11 Å². The minimum atomic E-state index is -0.809. The first-order valence-corrected chi connectivity index (χ1v) is 4.00. The van der Waals surface area contributed by atoms with Gasteiger partial charge in [-0.3, -0.25) is 0 Å². The zero-order chi connectivity index (χ0) is 9.68. The van der Waals surface area contributed by atoms with Crippen LogP contribution in [0, 0.1) is 12.3 Å². The van der Waals surface area contributed by atoms with Gasteiger partial charge in [0.1, 0.15) is 6.10 Å². The van der Waals surface area contributed by atoms with Gasteiger partial charge in [-0.05, 0) is 11.1 Å². The van der Waals surface area contributed by atoms with E-state index in [1.54, 1.807) is 19.2 Å². The molecule has 0 radical (unpaired) electrons. The van der Waals surface area contributed by atoms with E-state index in [0.717, 1.165) is 11.1 Å². The highest BCUT2D eigenvalue weighted by molar-refractivity contribution is 5.27. The van der Waals surface area contributed by atoms with Gasteiger partial charge in [-0.25, -0.2) is 0 Å². The van der Waals surface area contributed by atoms with Crippen LogP contribution in [0.2, 0.25) is 0 Å². The van der Waals surface area contributed by atoms with Gasteiger partial charge in [0.15, 0.2) is 0 Å². The number of hydrogen-bond acceptors (Lipinski definition) is 2. The summed E-state index contributed by atoms with van der Waals surface area (Å²) in [5.41, 5.74) is 1.80. The molecule has 13 heavy (non-hydrogen) atoms. The molecule has 1 aromatic carbocycles. The molecule has 1 N–H and O–H groups in total. The Bertz CT molecular complexity index is 295. The van der Waals surface area contributed by atoms with E-state index in [2.05, 4.69) is 5.92 Å². The number of ether oxygens (including phenoxy) is 1. The van der Waals surface area contributed by atoms with Crippen molar-refractivity contribution in [2.75, 3.05) is 7.11 Å². The van der Waals surface area contributed by atoms with Crippen molar-refractivity contribution in [1.29, 1.82) is 0 Å². The summed E-state index contributed by atoms with van der Waals surface area (Å²) >= 11 is 0. The number of rotatable bonds is 3. The zero-order valence-corrected chi connectivity index (χ0v) is 7.53. The van der Waals surface area contributed by atoms with Crippen LogP contribution in [0.5, 0.6) is 0 Å².